The van der Waals surface area contributed by atoms with Gasteiger partial charge in [0.05, 0.1) is 29.0 Å². The van der Waals surface area contributed by atoms with E-state index in [1.54, 1.807) is 19.1 Å². The second-order valence-electron chi connectivity index (χ2n) is 9.62. The van der Waals surface area contributed by atoms with E-state index in [2.05, 4.69) is 5.32 Å². The standard InChI is InChI=1S/C26H24FN3O6/c1-2-26(35)18-6-21-23-16(9-30(21)24(33)17(18)11-36-25(26)34)15(8-28-22(32)10-31)14-5-13(12-3-4-12)19(27)7-20(14)29-23/h5-7,12,31,35H,2-4,8-11H2,1H3,(H,28,32)/t26-/m0/s1. The fourth-order valence-electron chi connectivity index (χ4n) is 5.35. The van der Waals surface area contributed by atoms with E-state index >= 15 is 0 Å². The Labute approximate surface area is 204 Å². The number of nitrogens with one attached hydrogen (secondary N) is 1. The first kappa shape index (κ1) is 22.8. The second kappa shape index (κ2) is 7.94. The first-order chi connectivity index (χ1) is 17.3. The number of amides is 1. The zero-order chi connectivity index (χ0) is 25.4. The van der Waals surface area contributed by atoms with Crippen molar-refractivity contribution in [3.63, 3.8) is 0 Å². The van der Waals surface area contributed by atoms with Crippen LogP contribution in [0.25, 0.3) is 22.3 Å². The highest BCUT2D eigenvalue weighted by Gasteiger charge is 2.45. The van der Waals surface area contributed by atoms with Gasteiger partial charge in [-0.2, -0.15) is 0 Å². The van der Waals surface area contributed by atoms with Gasteiger partial charge in [0.15, 0.2) is 5.60 Å². The minimum atomic E-state index is -1.95. The second-order valence-corrected chi connectivity index (χ2v) is 9.62. The maximum Gasteiger partial charge on any atom is 0.343 e. The Morgan fingerprint density at radius 1 is 1.28 bits per heavy atom. The van der Waals surface area contributed by atoms with Crippen LogP contribution in [-0.2, 0) is 39.6 Å². The summed E-state index contributed by atoms with van der Waals surface area (Å²) >= 11 is 0. The van der Waals surface area contributed by atoms with E-state index in [1.165, 1.54) is 10.6 Å². The number of carbonyl (C=O) groups is 2. The van der Waals surface area contributed by atoms with E-state index in [-0.39, 0.29) is 49.0 Å². The third-order valence-corrected chi connectivity index (χ3v) is 7.55. The molecule has 1 aliphatic carbocycles. The summed E-state index contributed by atoms with van der Waals surface area (Å²) in [5.41, 5.74) is 1.20. The fraction of sp³-hybridized carbons (Fsp3) is 0.385. The molecule has 0 spiro atoms. The van der Waals surface area contributed by atoms with Crippen molar-refractivity contribution in [2.45, 2.75) is 57.4 Å². The molecule has 1 atom stereocenters. The zero-order valence-corrected chi connectivity index (χ0v) is 19.6. The Balaban J connectivity index is 1.60. The summed E-state index contributed by atoms with van der Waals surface area (Å²) in [7, 11) is 0. The Bertz CT molecular complexity index is 1540. The summed E-state index contributed by atoms with van der Waals surface area (Å²) in [5, 5.41) is 23.6. The lowest BCUT2D eigenvalue weighted by Crippen LogP contribution is -2.44. The quantitative estimate of drug-likeness (QED) is 0.361. The number of pyridine rings is 2. The molecule has 3 N–H and O–H groups in total. The van der Waals surface area contributed by atoms with Crippen molar-refractivity contribution in [2.75, 3.05) is 6.61 Å². The van der Waals surface area contributed by atoms with Crippen molar-refractivity contribution < 1.29 is 28.9 Å². The Hall–Kier alpha value is -3.63. The highest BCUT2D eigenvalue weighted by molar-refractivity contribution is 5.90. The highest BCUT2D eigenvalue weighted by Crippen LogP contribution is 2.44. The van der Waals surface area contributed by atoms with Crippen LogP contribution in [0.2, 0.25) is 0 Å². The lowest BCUT2D eigenvalue weighted by Gasteiger charge is -2.31. The molecule has 0 bridgehead atoms. The largest absolute Gasteiger partial charge is 0.458 e. The van der Waals surface area contributed by atoms with Crippen LogP contribution in [0.15, 0.2) is 23.0 Å². The average Bonchev–Trinajstić information content (AvgIpc) is 3.65. The number of hydrogen-bond acceptors (Lipinski definition) is 7. The average molecular weight is 493 g/mol. The molecule has 1 saturated carbocycles. The van der Waals surface area contributed by atoms with Crippen LogP contribution in [0.3, 0.4) is 0 Å². The van der Waals surface area contributed by atoms with Gasteiger partial charge in [0.1, 0.15) is 19.0 Å². The third kappa shape index (κ3) is 3.21. The summed E-state index contributed by atoms with van der Waals surface area (Å²) in [4.78, 5) is 42.5. The molecule has 1 aromatic carbocycles. The van der Waals surface area contributed by atoms with E-state index in [4.69, 9.17) is 9.72 Å². The third-order valence-electron chi connectivity index (χ3n) is 7.55. The van der Waals surface area contributed by atoms with Crippen molar-refractivity contribution >= 4 is 22.8 Å². The molecule has 186 valence electrons. The first-order valence-corrected chi connectivity index (χ1v) is 12.0. The number of ether oxygens (including phenoxy) is 1. The number of rotatable bonds is 5. The SMILES string of the molecule is CC[C@@]1(O)C(=O)OCc2c1cc1n(c2=O)Cc2c-1nc1cc(F)c(C3CC3)cc1c2CNC(=O)CO. The van der Waals surface area contributed by atoms with Crippen LogP contribution in [0, 0.1) is 5.82 Å². The van der Waals surface area contributed by atoms with Crippen molar-refractivity contribution in [1.82, 2.24) is 14.9 Å². The number of fused-ring (bicyclic) bond motifs is 5. The molecule has 1 fully saturated rings. The topological polar surface area (TPSA) is 131 Å². The molecule has 0 saturated heterocycles. The molecule has 6 rings (SSSR count). The molecule has 10 heteroatoms. The number of halogens is 1. The molecule has 0 radical (unpaired) electrons. The summed E-state index contributed by atoms with van der Waals surface area (Å²) < 4.78 is 21.6. The number of aliphatic hydroxyl groups is 2. The molecule has 2 aromatic heterocycles. The first-order valence-electron chi connectivity index (χ1n) is 12.0. The van der Waals surface area contributed by atoms with Gasteiger partial charge >= 0.3 is 5.97 Å². The van der Waals surface area contributed by atoms with Crippen molar-refractivity contribution in [3.8, 4) is 11.4 Å². The maximum atomic E-state index is 15.0. The molecule has 1 amide bonds. The van der Waals surface area contributed by atoms with Crippen LogP contribution in [0.4, 0.5) is 4.39 Å². The van der Waals surface area contributed by atoms with Crippen LogP contribution in [-0.4, -0.2) is 38.2 Å². The van der Waals surface area contributed by atoms with Gasteiger partial charge in [-0.15, -0.1) is 0 Å². The smallest absolute Gasteiger partial charge is 0.343 e. The molecule has 3 aliphatic rings. The van der Waals surface area contributed by atoms with Gasteiger partial charge in [0.2, 0.25) is 5.91 Å². The Morgan fingerprint density at radius 2 is 2.06 bits per heavy atom. The molecular weight excluding hydrogens is 469 g/mol. The number of carbonyl (C=O) groups excluding carboxylic acids is 2. The number of aromatic nitrogens is 2. The lowest BCUT2D eigenvalue weighted by molar-refractivity contribution is -0.172. The van der Waals surface area contributed by atoms with E-state index in [9.17, 15) is 29.0 Å². The molecule has 4 heterocycles. The summed E-state index contributed by atoms with van der Waals surface area (Å²) in [6, 6.07) is 4.74. The predicted octanol–water partition coefficient (Wildman–Crippen LogP) is 1.70. The van der Waals surface area contributed by atoms with E-state index < -0.39 is 29.6 Å². The number of benzene rings is 1. The number of cyclic esters (lactones) is 1. The summed E-state index contributed by atoms with van der Waals surface area (Å²) in [5.74, 6) is -1.58. The Kier molecular flexibility index (Phi) is 5.03. The van der Waals surface area contributed by atoms with Crippen LogP contribution < -0.4 is 10.9 Å². The molecule has 36 heavy (non-hydrogen) atoms. The van der Waals surface area contributed by atoms with Crippen LogP contribution in [0.1, 0.15) is 59.9 Å². The lowest BCUT2D eigenvalue weighted by atomic mass is 9.86. The Morgan fingerprint density at radius 3 is 2.75 bits per heavy atom. The zero-order valence-electron chi connectivity index (χ0n) is 19.6. The molecule has 3 aromatic rings. The molecule has 0 unspecified atom stereocenters. The van der Waals surface area contributed by atoms with Crippen molar-refractivity contribution in [2.24, 2.45) is 0 Å². The van der Waals surface area contributed by atoms with Gasteiger partial charge in [0, 0.05) is 29.1 Å². The van der Waals surface area contributed by atoms with Gasteiger partial charge in [-0.1, -0.05) is 6.92 Å². The molecule has 9 nitrogen and oxygen atoms in total. The van der Waals surface area contributed by atoms with Crippen LogP contribution >= 0.6 is 0 Å². The maximum absolute atomic E-state index is 15.0. The van der Waals surface area contributed by atoms with E-state index in [0.29, 0.717) is 39.0 Å². The minimum Gasteiger partial charge on any atom is -0.458 e. The van der Waals surface area contributed by atoms with Crippen molar-refractivity contribution in [3.05, 3.63) is 62.2 Å². The summed E-state index contributed by atoms with van der Waals surface area (Å²) in [6.45, 7) is 0.918. The van der Waals surface area contributed by atoms with Gasteiger partial charge < -0.3 is 24.8 Å². The van der Waals surface area contributed by atoms with Gasteiger partial charge in [-0.05, 0) is 48.4 Å². The van der Waals surface area contributed by atoms with E-state index in [1.807, 2.05) is 0 Å². The monoisotopic (exact) mass is 493 g/mol. The van der Waals surface area contributed by atoms with Gasteiger partial charge in [-0.3, -0.25) is 9.59 Å². The number of hydrogen-bond donors (Lipinski definition) is 3. The van der Waals surface area contributed by atoms with E-state index in [0.717, 1.165) is 12.8 Å². The number of esters is 1. The predicted molar refractivity (Wildman–Crippen MR) is 125 cm³/mol. The number of nitrogens with zero attached hydrogens (tertiary/aromatic N) is 2. The van der Waals surface area contributed by atoms with Crippen molar-refractivity contribution in [1.29, 1.82) is 0 Å². The van der Waals surface area contributed by atoms with Gasteiger partial charge in [0.25, 0.3) is 5.56 Å². The van der Waals surface area contributed by atoms with Crippen LogP contribution in [0.5, 0.6) is 0 Å². The summed E-state index contributed by atoms with van der Waals surface area (Å²) in [6.07, 6.45) is 1.84. The molecule has 2 aliphatic heterocycles. The number of aliphatic hydroxyl groups excluding tert-OH is 1. The minimum absolute atomic E-state index is 0.0212. The molecular formula is C26H24FN3O6. The highest BCUT2D eigenvalue weighted by atomic mass is 19.1. The van der Waals surface area contributed by atoms with Gasteiger partial charge in [-0.25, -0.2) is 14.2 Å². The normalized spacial score (nSPS) is 20.1. The fourth-order valence-corrected chi connectivity index (χ4v) is 5.35.